The number of hydrogen-bond acceptors (Lipinski definition) is 2. The Labute approximate surface area is 106 Å². The second-order valence-electron chi connectivity index (χ2n) is 5.06. The van der Waals surface area contributed by atoms with E-state index in [-0.39, 0.29) is 0 Å². The maximum atomic E-state index is 5.63. The monoisotopic (exact) mass is 234 g/mol. The third-order valence-corrected chi connectivity index (χ3v) is 3.16. The number of rotatable bonds is 7. The fourth-order valence-corrected chi connectivity index (χ4v) is 2.36. The first-order chi connectivity index (χ1) is 8.15. The minimum absolute atomic E-state index is 0.405. The first kappa shape index (κ1) is 14.2. The molecule has 17 heavy (non-hydrogen) atoms. The van der Waals surface area contributed by atoms with Gasteiger partial charge >= 0.3 is 0 Å². The van der Waals surface area contributed by atoms with E-state index in [2.05, 4.69) is 44.4 Å². The summed E-state index contributed by atoms with van der Waals surface area (Å²) in [5.74, 6) is 5.63. The van der Waals surface area contributed by atoms with Crippen LogP contribution in [0, 0.1) is 13.8 Å². The lowest BCUT2D eigenvalue weighted by Gasteiger charge is -2.16. The molecule has 0 saturated carbocycles. The van der Waals surface area contributed by atoms with Crippen molar-refractivity contribution in [2.75, 3.05) is 0 Å². The molecule has 1 aromatic rings. The van der Waals surface area contributed by atoms with Crippen molar-refractivity contribution in [1.29, 1.82) is 0 Å². The first-order valence-electron chi connectivity index (χ1n) is 6.69. The molecule has 0 saturated heterocycles. The fraction of sp³-hybridized carbons (Fsp3) is 0.600. The topological polar surface area (TPSA) is 38.0 Å². The Morgan fingerprint density at radius 1 is 1.12 bits per heavy atom. The molecule has 0 aromatic heterocycles. The predicted octanol–water partition coefficient (Wildman–Crippen LogP) is 3.26. The lowest BCUT2D eigenvalue weighted by molar-refractivity contribution is 0.467. The Balaban J connectivity index is 2.54. The van der Waals surface area contributed by atoms with Gasteiger partial charge in [-0.15, -0.1) is 0 Å². The molecule has 0 fully saturated rings. The second-order valence-corrected chi connectivity index (χ2v) is 5.06. The van der Waals surface area contributed by atoms with Gasteiger partial charge in [0.25, 0.3) is 0 Å². The summed E-state index contributed by atoms with van der Waals surface area (Å²) in [5, 5.41) is 0. The minimum atomic E-state index is 0.405. The lowest BCUT2D eigenvalue weighted by Crippen LogP contribution is -2.36. The van der Waals surface area contributed by atoms with Gasteiger partial charge in [-0.25, -0.2) is 0 Å². The van der Waals surface area contributed by atoms with E-state index < -0.39 is 0 Å². The van der Waals surface area contributed by atoms with E-state index in [4.69, 9.17) is 5.84 Å². The van der Waals surface area contributed by atoms with Gasteiger partial charge in [-0.05, 0) is 32.3 Å². The van der Waals surface area contributed by atoms with Gasteiger partial charge in [-0.3, -0.25) is 11.3 Å². The van der Waals surface area contributed by atoms with Crippen molar-refractivity contribution in [1.82, 2.24) is 5.43 Å². The van der Waals surface area contributed by atoms with Gasteiger partial charge in [-0.2, -0.15) is 0 Å². The summed E-state index contributed by atoms with van der Waals surface area (Å²) in [6.07, 6.45) is 6.02. The maximum Gasteiger partial charge on any atom is 0.0250 e. The van der Waals surface area contributed by atoms with Gasteiger partial charge in [0.2, 0.25) is 0 Å². The van der Waals surface area contributed by atoms with Crippen LogP contribution in [-0.4, -0.2) is 6.04 Å². The van der Waals surface area contributed by atoms with E-state index in [1.54, 1.807) is 0 Å². The van der Waals surface area contributed by atoms with E-state index in [1.807, 2.05) is 0 Å². The van der Waals surface area contributed by atoms with Crippen LogP contribution in [-0.2, 0) is 6.42 Å². The molecule has 0 bridgehead atoms. The Bertz CT molecular complexity index is 313. The standard InChI is InChI=1S/C15H26N2/c1-4-5-6-7-15(17-16)11-14-9-12(2)8-13(3)10-14/h8-10,15,17H,4-7,11,16H2,1-3H3. The van der Waals surface area contributed by atoms with E-state index >= 15 is 0 Å². The largest absolute Gasteiger partial charge is 0.271 e. The van der Waals surface area contributed by atoms with Crippen molar-refractivity contribution in [2.24, 2.45) is 5.84 Å². The molecule has 2 heteroatoms. The first-order valence-corrected chi connectivity index (χ1v) is 6.69. The summed E-state index contributed by atoms with van der Waals surface area (Å²) in [6.45, 7) is 6.53. The van der Waals surface area contributed by atoms with Crippen molar-refractivity contribution in [3.05, 3.63) is 34.9 Å². The smallest absolute Gasteiger partial charge is 0.0250 e. The van der Waals surface area contributed by atoms with Crippen LogP contribution in [0.15, 0.2) is 18.2 Å². The highest BCUT2D eigenvalue weighted by Crippen LogP contribution is 2.13. The molecule has 0 aliphatic rings. The number of unbranched alkanes of at least 4 members (excludes halogenated alkanes) is 2. The highest BCUT2D eigenvalue weighted by molar-refractivity contribution is 5.29. The Kier molecular flexibility index (Phi) is 6.23. The Hall–Kier alpha value is -0.860. The molecule has 2 nitrogen and oxygen atoms in total. The maximum absolute atomic E-state index is 5.63. The van der Waals surface area contributed by atoms with Crippen molar-refractivity contribution in [3.63, 3.8) is 0 Å². The van der Waals surface area contributed by atoms with E-state index in [9.17, 15) is 0 Å². The van der Waals surface area contributed by atoms with Crippen LogP contribution in [0.5, 0.6) is 0 Å². The highest BCUT2D eigenvalue weighted by Gasteiger charge is 2.07. The van der Waals surface area contributed by atoms with Gasteiger partial charge in [0.05, 0.1) is 0 Å². The number of benzene rings is 1. The Morgan fingerprint density at radius 3 is 2.29 bits per heavy atom. The van der Waals surface area contributed by atoms with Crippen molar-refractivity contribution >= 4 is 0 Å². The van der Waals surface area contributed by atoms with Crippen LogP contribution in [0.2, 0.25) is 0 Å². The zero-order valence-corrected chi connectivity index (χ0v) is 11.4. The van der Waals surface area contributed by atoms with Crippen LogP contribution in [0.3, 0.4) is 0 Å². The zero-order valence-electron chi connectivity index (χ0n) is 11.4. The third-order valence-electron chi connectivity index (χ3n) is 3.16. The van der Waals surface area contributed by atoms with Crippen molar-refractivity contribution < 1.29 is 0 Å². The number of nitrogens with two attached hydrogens (primary N) is 1. The van der Waals surface area contributed by atoms with E-state index in [1.165, 1.54) is 36.0 Å². The average molecular weight is 234 g/mol. The SMILES string of the molecule is CCCCCC(Cc1cc(C)cc(C)c1)NN. The summed E-state index contributed by atoms with van der Waals surface area (Å²) in [7, 11) is 0. The number of hydrazine groups is 1. The fourth-order valence-electron chi connectivity index (χ4n) is 2.36. The minimum Gasteiger partial charge on any atom is -0.271 e. The number of aryl methyl sites for hydroxylation is 2. The van der Waals surface area contributed by atoms with E-state index in [0.29, 0.717) is 6.04 Å². The van der Waals surface area contributed by atoms with Crippen molar-refractivity contribution in [3.8, 4) is 0 Å². The van der Waals surface area contributed by atoms with Crippen LogP contribution in [0.25, 0.3) is 0 Å². The van der Waals surface area contributed by atoms with Crippen LogP contribution in [0.1, 0.15) is 49.3 Å². The summed E-state index contributed by atoms with van der Waals surface area (Å²) in [6, 6.07) is 7.14. The molecule has 1 rings (SSSR count). The quantitative estimate of drug-likeness (QED) is 0.432. The molecule has 1 unspecified atom stereocenters. The molecular formula is C15H26N2. The molecule has 1 aromatic carbocycles. The van der Waals surface area contributed by atoms with E-state index in [0.717, 1.165) is 12.8 Å². The molecule has 3 N–H and O–H groups in total. The van der Waals surface area contributed by atoms with Gasteiger partial charge in [0.1, 0.15) is 0 Å². The van der Waals surface area contributed by atoms with Crippen LogP contribution in [0.4, 0.5) is 0 Å². The second kappa shape index (κ2) is 7.46. The third kappa shape index (κ3) is 5.33. The van der Waals surface area contributed by atoms with Gasteiger partial charge in [0, 0.05) is 6.04 Å². The molecule has 0 aliphatic heterocycles. The molecule has 0 amide bonds. The molecule has 1 atom stereocenters. The normalized spacial score (nSPS) is 12.7. The molecule has 0 heterocycles. The molecule has 0 radical (unpaired) electrons. The summed E-state index contributed by atoms with van der Waals surface area (Å²) in [4.78, 5) is 0. The van der Waals surface area contributed by atoms with Gasteiger partial charge < -0.3 is 0 Å². The predicted molar refractivity (Wildman–Crippen MR) is 74.9 cm³/mol. The average Bonchev–Trinajstić information content (AvgIpc) is 2.26. The van der Waals surface area contributed by atoms with Crippen LogP contribution >= 0.6 is 0 Å². The number of hydrogen-bond donors (Lipinski definition) is 2. The summed E-state index contributed by atoms with van der Waals surface area (Å²) in [5.41, 5.74) is 7.01. The number of nitrogens with one attached hydrogen (secondary N) is 1. The zero-order chi connectivity index (χ0) is 12.7. The van der Waals surface area contributed by atoms with Gasteiger partial charge in [-0.1, -0.05) is 55.5 Å². The summed E-state index contributed by atoms with van der Waals surface area (Å²) >= 11 is 0. The lowest BCUT2D eigenvalue weighted by atomic mass is 9.98. The highest BCUT2D eigenvalue weighted by atomic mass is 15.2. The molecular weight excluding hydrogens is 208 g/mol. The van der Waals surface area contributed by atoms with Crippen molar-refractivity contribution in [2.45, 2.75) is 58.9 Å². The molecule has 0 aliphatic carbocycles. The molecule has 96 valence electrons. The van der Waals surface area contributed by atoms with Crippen LogP contribution < -0.4 is 11.3 Å². The molecule has 0 spiro atoms. The van der Waals surface area contributed by atoms with Gasteiger partial charge in [0.15, 0.2) is 0 Å². The summed E-state index contributed by atoms with van der Waals surface area (Å²) < 4.78 is 0. The Morgan fingerprint density at radius 2 is 1.76 bits per heavy atom.